The quantitative estimate of drug-likeness (QED) is 0.624. The molecule has 0 radical (unpaired) electrons. The van der Waals surface area contributed by atoms with Crippen molar-refractivity contribution < 1.29 is 12.8 Å². The van der Waals surface area contributed by atoms with Crippen LogP contribution in [0.2, 0.25) is 5.02 Å². The molecule has 0 atom stereocenters. The molecule has 11 heteroatoms. The molecule has 1 saturated heterocycles. The van der Waals surface area contributed by atoms with Crippen molar-refractivity contribution in [3.8, 4) is 0 Å². The first kappa shape index (κ1) is 18.7. The Balaban J connectivity index is 1.36. The molecule has 5 rings (SSSR count). The van der Waals surface area contributed by atoms with Gasteiger partial charge in [-0.15, -0.1) is 10.2 Å². The maximum absolute atomic E-state index is 13.4. The highest BCUT2D eigenvalue weighted by molar-refractivity contribution is 7.89. The average Bonchev–Trinajstić information content (AvgIpc) is 3.48. The van der Waals surface area contributed by atoms with Gasteiger partial charge in [-0.3, -0.25) is 4.40 Å². The Hall–Kier alpha value is -2.30. The number of sulfonamides is 1. The lowest BCUT2D eigenvalue weighted by molar-refractivity contribution is 0.384. The summed E-state index contributed by atoms with van der Waals surface area (Å²) in [4.78, 5) is 6.47. The van der Waals surface area contributed by atoms with Gasteiger partial charge in [-0.1, -0.05) is 11.6 Å². The van der Waals surface area contributed by atoms with E-state index < -0.39 is 15.8 Å². The maximum Gasteiger partial charge on any atom is 0.243 e. The molecule has 0 spiro atoms. The van der Waals surface area contributed by atoms with Gasteiger partial charge in [0, 0.05) is 44.5 Å². The molecule has 2 fully saturated rings. The summed E-state index contributed by atoms with van der Waals surface area (Å²) in [6.45, 7) is 1.49. The second-order valence-electron chi connectivity index (χ2n) is 7.24. The highest BCUT2D eigenvalue weighted by Gasteiger charge is 2.32. The summed E-state index contributed by atoms with van der Waals surface area (Å²) >= 11 is 5.76. The number of hydrogen-bond donors (Lipinski definition) is 0. The highest BCUT2D eigenvalue weighted by atomic mass is 35.5. The van der Waals surface area contributed by atoms with E-state index in [0.717, 1.165) is 30.8 Å². The smallest absolute Gasteiger partial charge is 0.243 e. The molecule has 3 heterocycles. The van der Waals surface area contributed by atoms with Crippen molar-refractivity contribution >= 4 is 33.1 Å². The third-order valence-electron chi connectivity index (χ3n) is 5.34. The minimum atomic E-state index is -3.75. The van der Waals surface area contributed by atoms with E-state index in [1.54, 1.807) is 6.20 Å². The SMILES string of the molecule is O=S(=O)(c1ccc(F)c(Cl)c1)N1CCN(c2nccn3c(C4CC4)nnc23)CC1. The summed E-state index contributed by atoms with van der Waals surface area (Å²) in [5.41, 5.74) is 0.691. The average molecular weight is 437 g/mol. The molecule has 1 aliphatic heterocycles. The number of anilines is 1. The molecule has 0 bridgehead atoms. The minimum Gasteiger partial charge on any atom is -0.351 e. The van der Waals surface area contributed by atoms with Crippen LogP contribution in [-0.2, 0) is 10.0 Å². The van der Waals surface area contributed by atoms with Gasteiger partial charge >= 0.3 is 0 Å². The molecular formula is C18H18ClFN6O2S. The van der Waals surface area contributed by atoms with Crippen LogP contribution < -0.4 is 4.90 Å². The lowest BCUT2D eigenvalue weighted by Crippen LogP contribution is -2.49. The molecule has 29 heavy (non-hydrogen) atoms. The number of nitrogens with zero attached hydrogens (tertiary/aromatic N) is 6. The van der Waals surface area contributed by atoms with Crippen LogP contribution in [0, 0.1) is 5.82 Å². The van der Waals surface area contributed by atoms with E-state index in [-0.39, 0.29) is 23.0 Å². The fourth-order valence-corrected chi connectivity index (χ4v) is 5.29. The van der Waals surface area contributed by atoms with E-state index in [9.17, 15) is 12.8 Å². The van der Waals surface area contributed by atoms with E-state index >= 15 is 0 Å². The fraction of sp³-hybridized carbons (Fsp3) is 0.389. The second kappa shape index (κ2) is 6.89. The third-order valence-corrected chi connectivity index (χ3v) is 7.53. The van der Waals surface area contributed by atoms with Gasteiger partial charge in [-0.05, 0) is 31.0 Å². The summed E-state index contributed by atoms with van der Waals surface area (Å²) in [6.07, 6.45) is 5.84. The van der Waals surface area contributed by atoms with Crippen molar-refractivity contribution in [2.24, 2.45) is 0 Å². The van der Waals surface area contributed by atoms with Gasteiger partial charge in [0.2, 0.25) is 15.7 Å². The van der Waals surface area contributed by atoms with Crippen molar-refractivity contribution in [3.63, 3.8) is 0 Å². The summed E-state index contributed by atoms with van der Waals surface area (Å²) in [5.74, 6) is 1.48. The summed E-state index contributed by atoms with van der Waals surface area (Å²) in [5, 5.41) is 8.42. The number of hydrogen-bond acceptors (Lipinski definition) is 6. The van der Waals surface area contributed by atoms with Gasteiger partial charge < -0.3 is 4.90 Å². The standard InChI is InChI=1S/C18H18ClFN6O2S/c19-14-11-13(3-4-15(14)20)29(27,28)25-9-7-24(8-10-25)17-18-23-22-16(12-1-2-12)26(18)6-5-21-17/h3-6,11-12H,1-2,7-10H2. The zero-order valence-electron chi connectivity index (χ0n) is 15.4. The lowest BCUT2D eigenvalue weighted by atomic mass is 10.3. The molecule has 2 aromatic heterocycles. The van der Waals surface area contributed by atoms with Crippen LogP contribution in [0.15, 0.2) is 35.5 Å². The molecule has 0 unspecified atom stereocenters. The maximum atomic E-state index is 13.4. The second-order valence-corrected chi connectivity index (χ2v) is 9.59. The van der Waals surface area contributed by atoms with Gasteiger partial charge in [0.05, 0.1) is 9.92 Å². The molecule has 2 aliphatic rings. The first-order valence-electron chi connectivity index (χ1n) is 9.35. The molecule has 8 nitrogen and oxygen atoms in total. The van der Waals surface area contributed by atoms with Crippen molar-refractivity contribution in [1.82, 2.24) is 23.9 Å². The number of aromatic nitrogens is 4. The molecule has 3 aromatic rings. The van der Waals surface area contributed by atoms with Crippen LogP contribution in [-0.4, -0.2) is 58.5 Å². The number of benzene rings is 1. The van der Waals surface area contributed by atoms with Gasteiger partial charge in [0.1, 0.15) is 11.6 Å². The summed E-state index contributed by atoms with van der Waals surface area (Å²) < 4.78 is 42.5. The Kier molecular flexibility index (Phi) is 4.45. The van der Waals surface area contributed by atoms with Crippen LogP contribution in [0.1, 0.15) is 24.6 Å². The Morgan fingerprint density at radius 2 is 1.86 bits per heavy atom. The van der Waals surface area contributed by atoms with E-state index in [4.69, 9.17) is 11.6 Å². The van der Waals surface area contributed by atoms with E-state index in [0.29, 0.717) is 30.5 Å². The molecule has 1 saturated carbocycles. The Morgan fingerprint density at radius 1 is 1.10 bits per heavy atom. The minimum absolute atomic E-state index is 0.0101. The summed E-state index contributed by atoms with van der Waals surface area (Å²) in [7, 11) is -3.75. The molecule has 152 valence electrons. The fourth-order valence-electron chi connectivity index (χ4n) is 3.60. The molecule has 0 N–H and O–H groups in total. The zero-order chi connectivity index (χ0) is 20.2. The largest absolute Gasteiger partial charge is 0.351 e. The zero-order valence-corrected chi connectivity index (χ0v) is 16.9. The third kappa shape index (κ3) is 3.24. The van der Waals surface area contributed by atoms with Crippen LogP contribution >= 0.6 is 11.6 Å². The summed E-state index contributed by atoms with van der Waals surface area (Å²) in [6, 6.07) is 3.45. The molecule has 1 aromatic carbocycles. The molecule has 0 amide bonds. The van der Waals surface area contributed by atoms with Crippen LogP contribution in [0.4, 0.5) is 10.2 Å². The Labute approximate surface area is 172 Å². The predicted molar refractivity (Wildman–Crippen MR) is 105 cm³/mol. The van der Waals surface area contributed by atoms with E-state index in [2.05, 4.69) is 15.2 Å². The van der Waals surface area contributed by atoms with E-state index in [1.165, 1.54) is 10.4 Å². The van der Waals surface area contributed by atoms with Gasteiger partial charge in [0.15, 0.2) is 5.82 Å². The predicted octanol–water partition coefficient (Wildman–Crippen LogP) is 2.31. The van der Waals surface area contributed by atoms with Crippen molar-refractivity contribution in [3.05, 3.63) is 47.3 Å². The first-order valence-corrected chi connectivity index (χ1v) is 11.2. The van der Waals surface area contributed by atoms with Crippen LogP contribution in [0.3, 0.4) is 0 Å². The first-order chi connectivity index (χ1) is 13.9. The molecule has 1 aliphatic carbocycles. The topological polar surface area (TPSA) is 83.7 Å². The Morgan fingerprint density at radius 3 is 2.55 bits per heavy atom. The van der Waals surface area contributed by atoms with Crippen molar-refractivity contribution in [1.29, 1.82) is 0 Å². The number of rotatable bonds is 4. The number of piperazine rings is 1. The van der Waals surface area contributed by atoms with Gasteiger partial charge in [-0.25, -0.2) is 17.8 Å². The monoisotopic (exact) mass is 436 g/mol. The van der Waals surface area contributed by atoms with E-state index in [1.807, 2.05) is 15.5 Å². The van der Waals surface area contributed by atoms with Gasteiger partial charge in [0.25, 0.3) is 0 Å². The highest BCUT2D eigenvalue weighted by Crippen LogP contribution is 2.39. The van der Waals surface area contributed by atoms with Crippen LogP contribution in [0.5, 0.6) is 0 Å². The normalized spacial score (nSPS) is 18.5. The van der Waals surface area contributed by atoms with Crippen LogP contribution in [0.25, 0.3) is 5.65 Å². The Bertz CT molecular complexity index is 1190. The number of halogens is 2. The van der Waals surface area contributed by atoms with Crippen molar-refractivity contribution in [2.75, 3.05) is 31.1 Å². The lowest BCUT2D eigenvalue weighted by Gasteiger charge is -2.34. The molecular weight excluding hydrogens is 419 g/mol. The number of fused-ring (bicyclic) bond motifs is 1. The van der Waals surface area contributed by atoms with Gasteiger partial charge in [-0.2, -0.15) is 4.31 Å². The van der Waals surface area contributed by atoms with Crippen molar-refractivity contribution in [2.45, 2.75) is 23.7 Å².